The number of aliphatic hydroxyl groups is 1. The number of halogens is 17. The fourth-order valence-electron chi connectivity index (χ4n) is 3.13. The summed E-state index contributed by atoms with van der Waals surface area (Å²) in [7, 11) is -10.0. The summed E-state index contributed by atoms with van der Waals surface area (Å²) in [5.41, 5.74) is 0. The number of hydrogen-bond acceptors (Lipinski definition) is 5. The number of rotatable bonds is 17. The summed E-state index contributed by atoms with van der Waals surface area (Å²) in [6, 6.07) is 0. The minimum absolute atomic E-state index is 0.508. The van der Waals surface area contributed by atoms with E-state index in [4.69, 9.17) is 5.11 Å². The van der Waals surface area contributed by atoms with Crippen molar-refractivity contribution in [3.8, 4) is 0 Å². The van der Waals surface area contributed by atoms with E-state index >= 15 is 0 Å². The SMILES string of the molecule is CCCN(CCCS(=O)(=O)[N+](C)(C)CCO)S(=O)(=O)C(F)(F)C(F)(F)C(F)(F)C(F)(F)C(F)(F)C(F)(F)C(F)(F)C(F)(F)F. The molecule has 0 rings (SSSR count). The van der Waals surface area contributed by atoms with Gasteiger partial charge in [-0.15, -0.1) is 0 Å². The Morgan fingerprint density at radius 1 is 0.614 bits per heavy atom. The number of alkyl halides is 17. The van der Waals surface area contributed by atoms with Crippen LogP contribution >= 0.6 is 0 Å². The van der Waals surface area contributed by atoms with Gasteiger partial charge in [0.05, 0.1) is 20.7 Å². The molecule has 0 saturated heterocycles. The van der Waals surface area contributed by atoms with Gasteiger partial charge in [0.15, 0.2) is 0 Å². The minimum Gasteiger partial charge on any atom is -0.390 e. The maximum Gasteiger partial charge on any atom is 0.460 e. The third-order valence-electron chi connectivity index (χ3n) is 6.03. The predicted molar refractivity (Wildman–Crippen MR) is 114 cm³/mol. The molecule has 0 aliphatic rings. The molecule has 0 aromatic heterocycles. The second kappa shape index (κ2) is 12.3. The van der Waals surface area contributed by atoms with Crippen LogP contribution in [0.2, 0.25) is 0 Å². The van der Waals surface area contributed by atoms with Crippen LogP contribution in [0.1, 0.15) is 19.8 Å². The molecule has 26 heteroatoms. The molecule has 0 heterocycles. The first-order chi connectivity index (χ1) is 19.0. The second-order valence-corrected chi connectivity index (χ2v) is 14.1. The zero-order valence-corrected chi connectivity index (χ0v) is 23.8. The summed E-state index contributed by atoms with van der Waals surface area (Å²) in [5, 5.41) is 1.18. The van der Waals surface area contributed by atoms with Crippen molar-refractivity contribution >= 4 is 20.0 Å². The molecule has 0 bridgehead atoms. The van der Waals surface area contributed by atoms with Gasteiger partial charge >= 0.3 is 47.0 Å². The molecule has 0 amide bonds. The Bertz CT molecular complexity index is 1220. The molecule has 0 unspecified atom stereocenters. The lowest BCUT2D eigenvalue weighted by molar-refractivity contribution is -0.763. The van der Waals surface area contributed by atoms with Gasteiger partial charge in [0, 0.05) is 13.1 Å². The highest BCUT2D eigenvalue weighted by molar-refractivity contribution is 7.90. The molecule has 0 atom stereocenters. The second-order valence-electron chi connectivity index (χ2n) is 9.53. The third-order valence-corrected chi connectivity index (χ3v) is 10.5. The topological polar surface area (TPSA) is 91.8 Å². The zero-order chi connectivity index (χ0) is 36.0. The molecular formula is C18H24F17N2O5S2+. The van der Waals surface area contributed by atoms with Gasteiger partial charge in [-0.3, -0.25) is 0 Å². The molecule has 0 aliphatic carbocycles. The van der Waals surface area contributed by atoms with Crippen LogP contribution in [0.3, 0.4) is 0 Å². The van der Waals surface area contributed by atoms with E-state index in [9.17, 15) is 91.5 Å². The third kappa shape index (κ3) is 6.41. The van der Waals surface area contributed by atoms with Gasteiger partial charge in [0.25, 0.3) is 20.0 Å². The van der Waals surface area contributed by atoms with E-state index in [2.05, 4.69) is 0 Å². The lowest BCUT2D eigenvalue weighted by Crippen LogP contribution is -2.75. The van der Waals surface area contributed by atoms with E-state index in [0.717, 1.165) is 21.0 Å². The lowest BCUT2D eigenvalue weighted by Gasteiger charge is -2.43. The number of sulfonamides is 2. The van der Waals surface area contributed by atoms with Gasteiger partial charge in [0.2, 0.25) is 0 Å². The van der Waals surface area contributed by atoms with Crippen LogP contribution in [0.5, 0.6) is 0 Å². The van der Waals surface area contributed by atoms with Crippen molar-refractivity contribution in [3.63, 3.8) is 0 Å². The Hall–Kier alpha value is -1.41. The van der Waals surface area contributed by atoms with Crippen LogP contribution < -0.4 is 0 Å². The van der Waals surface area contributed by atoms with Crippen LogP contribution in [0.15, 0.2) is 0 Å². The quantitative estimate of drug-likeness (QED) is 0.172. The van der Waals surface area contributed by atoms with Crippen LogP contribution in [-0.2, 0) is 20.0 Å². The van der Waals surface area contributed by atoms with Gasteiger partial charge in [-0.2, -0.15) is 87.4 Å². The highest BCUT2D eigenvalue weighted by atomic mass is 32.2. The van der Waals surface area contributed by atoms with Gasteiger partial charge in [-0.25, -0.2) is 12.3 Å². The van der Waals surface area contributed by atoms with Crippen molar-refractivity contribution in [1.82, 2.24) is 4.31 Å². The zero-order valence-electron chi connectivity index (χ0n) is 22.2. The maximum absolute atomic E-state index is 14.5. The molecular weight excluding hydrogens is 711 g/mol. The van der Waals surface area contributed by atoms with Gasteiger partial charge in [0.1, 0.15) is 12.3 Å². The van der Waals surface area contributed by atoms with Crippen molar-refractivity contribution in [2.45, 2.75) is 66.7 Å². The molecule has 266 valence electrons. The smallest absolute Gasteiger partial charge is 0.390 e. The molecule has 0 saturated carbocycles. The molecule has 1 N–H and O–H groups in total. The molecule has 0 aliphatic heterocycles. The number of quaternary nitrogens is 1. The minimum atomic E-state index is -8.94. The van der Waals surface area contributed by atoms with E-state index < -0.39 is 120 Å². The van der Waals surface area contributed by atoms with Crippen LogP contribution in [0, 0.1) is 0 Å². The van der Waals surface area contributed by atoms with E-state index in [1.54, 1.807) is 0 Å². The Morgan fingerprint density at radius 2 is 0.977 bits per heavy atom. The summed E-state index contributed by atoms with van der Waals surface area (Å²) >= 11 is 0. The van der Waals surface area contributed by atoms with Crippen LogP contribution in [0.25, 0.3) is 0 Å². The normalized spacial score (nSPS) is 16.1. The van der Waals surface area contributed by atoms with Crippen molar-refractivity contribution in [1.29, 1.82) is 0 Å². The summed E-state index contributed by atoms with van der Waals surface area (Å²) in [4.78, 5) is 0. The van der Waals surface area contributed by atoms with Crippen molar-refractivity contribution in [2.75, 3.05) is 46.1 Å². The standard InChI is InChI=1S/C18H24F17N2O5S2/c1-4-6-36(7-5-10-43(39,40)37(2,3)8-9-38)44(41,42)18(34,35)16(29,30)14(25,26)12(21,22)11(19,20)13(23,24)15(27,28)17(31,32)33/h38H,4-10H2,1-3H3/q+1. The lowest BCUT2D eigenvalue weighted by atomic mass is 9.91. The number of nitrogens with zero attached hydrogens (tertiary/aromatic N) is 2. The summed E-state index contributed by atoms with van der Waals surface area (Å²) in [5.74, 6) is -53.4. The Balaban J connectivity index is 6.83. The van der Waals surface area contributed by atoms with E-state index in [0.29, 0.717) is 0 Å². The summed E-state index contributed by atoms with van der Waals surface area (Å²) < 4.78 is 277. The van der Waals surface area contributed by atoms with Gasteiger partial charge < -0.3 is 5.11 Å². The molecule has 7 nitrogen and oxygen atoms in total. The first-order valence-electron chi connectivity index (χ1n) is 11.4. The summed E-state index contributed by atoms with van der Waals surface area (Å²) in [6.45, 7) is -3.36. The number of hydrogen-bond donors (Lipinski definition) is 1. The van der Waals surface area contributed by atoms with Crippen molar-refractivity contribution in [3.05, 3.63) is 0 Å². The maximum atomic E-state index is 14.5. The Labute approximate surface area is 238 Å². The first-order valence-corrected chi connectivity index (χ1v) is 14.4. The monoisotopic (exact) mass is 735 g/mol. The first kappa shape index (κ1) is 42.6. The van der Waals surface area contributed by atoms with E-state index in [-0.39, 0.29) is 0 Å². The highest BCUT2D eigenvalue weighted by Gasteiger charge is 2.96. The predicted octanol–water partition coefficient (Wildman–Crippen LogP) is 4.78. The molecule has 0 fully saturated rings. The van der Waals surface area contributed by atoms with E-state index in [1.807, 2.05) is 0 Å². The largest absolute Gasteiger partial charge is 0.460 e. The average Bonchev–Trinajstić information content (AvgIpc) is 2.81. The van der Waals surface area contributed by atoms with Gasteiger partial charge in [-0.05, 0) is 12.8 Å². The molecule has 44 heavy (non-hydrogen) atoms. The van der Waals surface area contributed by atoms with Gasteiger partial charge in [-0.1, -0.05) is 6.92 Å². The number of aliphatic hydroxyl groups excluding tert-OH is 1. The molecule has 0 aromatic carbocycles. The Morgan fingerprint density at radius 3 is 1.32 bits per heavy atom. The van der Waals surface area contributed by atoms with E-state index in [1.165, 1.54) is 0 Å². The van der Waals surface area contributed by atoms with Crippen LogP contribution in [-0.4, -0.2) is 123 Å². The highest BCUT2D eigenvalue weighted by Crippen LogP contribution is 2.64. The fraction of sp³-hybridized carbons (Fsp3) is 1.00. The van der Waals surface area contributed by atoms with Crippen molar-refractivity contribution in [2.24, 2.45) is 0 Å². The molecule has 0 radical (unpaired) electrons. The average molecular weight is 735 g/mol. The molecule has 0 spiro atoms. The van der Waals surface area contributed by atoms with Crippen molar-refractivity contribution < 1.29 is 100 Å². The number of likely N-dealkylation sites (N-methyl/N-ethyl adjacent to an activating group) is 1. The van der Waals surface area contributed by atoms with Crippen LogP contribution in [0.4, 0.5) is 74.6 Å². The summed E-state index contributed by atoms with van der Waals surface area (Å²) in [6.07, 6.45) is -9.75. The molecule has 0 aromatic rings. The fourth-order valence-corrected chi connectivity index (χ4v) is 6.04. The Kier molecular flexibility index (Phi) is 11.9.